The SMILES string of the molecule is CCOC(OCC)C(CC(=O)O)C(F)(F)F. The van der Waals surface area contributed by atoms with Gasteiger partial charge in [-0.2, -0.15) is 13.2 Å². The summed E-state index contributed by atoms with van der Waals surface area (Å²) in [6, 6.07) is 0. The molecule has 0 rings (SSSR count). The molecule has 96 valence electrons. The molecule has 0 aliphatic rings. The Morgan fingerprint density at radius 1 is 1.25 bits per heavy atom. The van der Waals surface area contributed by atoms with Crippen LogP contribution >= 0.6 is 0 Å². The average Bonchev–Trinajstić information content (AvgIpc) is 2.12. The summed E-state index contributed by atoms with van der Waals surface area (Å²) in [6.07, 6.45) is -7.28. The zero-order chi connectivity index (χ0) is 12.8. The van der Waals surface area contributed by atoms with E-state index in [9.17, 15) is 18.0 Å². The fourth-order valence-electron chi connectivity index (χ4n) is 1.16. The highest BCUT2D eigenvalue weighted by molar-refractivity contribution is 5.67. The molecule has 0 aromatic heterocycles. The van der Waals surface area contributed by atoms with Crippen LogP contribution in [0.5, 0.6) is 0 Å². The first-order valence-electron chi connectivity index (χ1n) is 4.84. The summed E-state index contributed by atoms with van der Waals surface area (Å²) < 4.78 is 47.2. The number of aliphatic carboxylic acids is 1. The number of rotatable bonds is 7. The van der Waals surface area contributed by atoms with E-state index in [1.165, 1.54) is 13.8 Å². The van der Waals surface area contributed by atoms with E-state index in [1.807, 2.05) is 0 Å². The van der Waals surface area contributed by atoms with Crippen molar-refractivity contribution in [3.8, 4) is 0 Å². The molecule has 0 spiro atoms. The van der Waals surface area contributed by atoms with Crippen LogP contribution in [0.4, 0.5) is 13.2 Å². The van der Waals surface area contributed by atoms with Crippen molar-refractivity contribution in [2.75, 3.05) is 13.2 Å². The maximum absolute atomic E-state index is 12.6. The highest BCUT2D eigenvalue weighted by Gasteiger charge is 2.47. The Morgan fingerprint density at radius 2 is 1.69 bits per heavy atom. The largest absolute Gasteiger partial charge is 0.481 e. The second-order valence-electron chi connectivity index (χ2n) is 3.03. The molecule has 16 heavy (non-hydrogen) atoms. The van der Waals surface area contributed by atoms with Gasteiger partial charge in [0.05, 0.1) is 6.42 Å². The zero-order valence-electron chi connectivity index (χ0n) is 9.08. The molecule has 0 saturated carbocycles. The fraction of sp³-hybridized carbons (Fsp3) is 0.889. The molecule has 1 atom stereocenters. The molecule has 4 nitrogen and oxygen atoms in total. The Hall–Kier alpha value is -0.820. The van der Waals surface area contributed by atoms with Gasteiger partial charge in [0.2, 0.25) is 0 Å². The molecule has 1 unspecified atom stereocenters. The topological polar surface area (TPSA) is 55.8 Å². The van der Waals surface area contributed by atoms with Gasteiger partial charge in [0.1, 0.15) is 5.92 Å². The third kappa shape index (κ3) is 5.32. The number of carboxylic acid groups (broad SMARTS) is 1. The van der Waals surface area contributed by atoms with Gasteiger partial charge in [-0.1, -0.05) is 0 Å². The smallest absolute Gasteiger partial charge is 0.397 e. The van der Waals surface area contributed by atoms with E-state index in [0.717, 1.165) is 0 Å². The van der Waals surface area contributed by atoms with E-state index in [1.54, 1.807) is 0 Å². The summed E-state index contributed by atoms with van der Waals surface area (Å²) in [5.41, 5.74) is 0. The van der Waals surface area contributed by atoms with Crippen molar-refractivity contribution in [1.82, 2.24) is 0 Å². The van der Waals surface area contributed by atoms with Crippen molar-refractivity contribution in [2.24, 2.45) is 5.92 Å². The van der Waals surface area contributed by atoms with Gasteiger partial charge in [-0.3, -0.25) is 4.79 Å². The molecule has 0 amide bonds. The lowest BCUT2D eigenvalue weighted by atomic mass is 10.0. The summed E-state index contributed by atoms with van der Waals surface area (Å²) in [5.74, 6) is -3.68. The molecule has 0 heterocycles. The normalized spacial score (nSPS) is 14.1. The maximum Gasteiger partial charge on any atom is 0.397 e. The fourth-order valence-corrected chi connectivity index (χ4v) is 1.16. The van der Waals surface area contributed by atoms with Crippen molar-refractivity contribution >= 4 is 5.97 Å². The monoisotopic (exact) mass is 244 g/mol. The lowest BCUT2D eigenvalue weighted by Crippen LogP contribution is -2.39. The second-order valence-corrected chi connectivity index (χ2v) is 3.03. The zero-order valence-corrected chi connectivity index (χ0v) is 9.08. The van der Waals surface area contributed by atoms with E-state index < -0.39 is 30.8 Å². The number of halogens is 3. The summed E-state index contributed by atoms with van der Waals surface area (Å²) in [7, 11) is 0. The van der Waals surface area contributed by atoms with Gasteiger partial charge in [-0.05, 0) is 13.8 Å². The van der Waals surface area contributed by atoms with E-state index in [2.05, 4.69) is 0 Å². The van der Waals surface area contributed by atoms with Gasteiger partial charge in [0, 0.05) is 13.2 Å². The van der Waals surface area contributed by atoms with Crippen LogP contribution in [-0.4, -0.2) is 36.8 Å². The Kier molecular flexibility index (Phi) is 6.35. The van der Waals surface area contributed by atoms with Gasteiger partial charge in [-0.25, -0.2) is 0 Å². The van der Waals surface area contributed by atoms with Crippen molar-refractivity contribution < 1.29 is 32.5 Å². The van der Waals surface area contributed by atoms with Crippen LogP contribution in [0.25, 0.3) is 0 Å². The second kappa shape index (κ2) is 6.70. The third-order valence-corrected chi connectivity index (χ3v) is 1.81. The summed E-state index contributed by atoms with van der Waals surface area (Å²) in [4.78, 5) is 10.4. The van der Waals surface area contributed by atoms with E-state index in [4.69, 9.17) is 14.6 Å². The van der Waals surface area contributed by atoms with Crippen LogP contribution in [0.2, 0.25) is 0 Å². The van der Waals surface area contributed by atoms with Crippen molar-refractivity contribution in [3.05, 3.63) is 0 Å². The van der Waals surface area contributed by atoms with Gasteiger partial charge < -0.3 is 14.6 Å². The maximum atomic E-state index is 12.6. The van der Waals surface area contributed by atoms with Crippen LogP contribution in [-0.2, 0) is 14.3 Å². The molecule has 0 aliphatic heterocycles. The highest BCUT2D eigenvalue weighted by Crippen LogP contribution is 2.33. The van der Waals surface area contributed by atoms with Gasteiger partial charge in [0.15, 0.2) is 6.29 Å². The lowest BCUT2D eigenvalue weighted by Gasteiger charge is -2.27. The lowest BCUT2D eigenvalue weighted by molar-refractivity contribution is -0.266. The minimum Gasteiger partial charge on any atom is -0.481 e. The Bertz CT molecular complexity index is 211. The number of hydrogen-bond acceptors (Lipinski definition) is 3. The number of carboxylic acids is 1. The van der Waals surface area contributed by atoms with Gasteiger partial charge in [0.25, 0.3) is 0 Å². The molecular weight excluding hydrogens is 229 g/mol. The molecule has 0 saturated heterocycles. The predicted molar refractivity (Wildman–Crippen MR) is 48.8 cm³/mol. The summed E-state index contributed by atoms with van der Waals surface area (Å²) in [6.45, 7) is 3.08. The number of alkyl halides is 3. The molecule has 0 bridgehead atoms. The van der Waals surface area contributed by atoms with Crippen LogP contribution in [0.1, 0.15) is 20.3 Å². The first-order chi connectivity index (χ1) is 7.32. The first-order valence-corrected chi connectivity index (χ1v) is 4.84. The van der Waals surface area contributed by atoms with Crippen LogP contribution in [0.3, 0.4) is 0 Å². The van der Waals surface area contributed by atoms with Crippen molar-refractivity contribution in [3.63, 3.8) is 0 Å². The molecule has 0 radical (unpaired) electrons. The number of carbonyl (C=O) groups is 1. The van der Waals surface area contributed by atoms with Crippen LogP contribution in [0.15, 0.2) is 0 Å². The molecule has 0 fully saturated rings. The quantitative estimate of drug-likeness (QED) is 0.696. The molecular formula is C9H15F3O4. The Balaban J connectivity index is 4.73. The van der Waals surface area contributed by atoms with E-state index in [-0.39, 0.29) is 13.2 Å². The first kappa shape index (κ1) is 15.2. The van der Waals surface area contributed by atoms with Crippen molar-refractivity contribution in [1.29, 1.82) is 0 Å². The van der Waals surface area contributed by atoms with Crippen LogP contribution < -0.4 is 0 Å². The number of hydrogen-bond donors (Lipinski definition) is 1. The summed E-state index contributed by atoms with van der Waals surface area (Å²) >= 11 is 0. The van der Waals surface area contributed by atoms with E-state index >= 15 is 0 Å². The minimum atomic E-state index is -4.66. The van der Waals surface area contributed by atoms with Crippen molar-refractivity contribution in [2.45, 2.75) is 32.7 Å². The Morgan fingerprint density at radius 3 is 1.94 bits per heavy atom. The predicted octanol–water partition coefficient (Wildman–Crippen LogP) is 2.04. The molecule has 7 heteroatoms. The van der Waals surface area contributed by atoms with E-state index in [0.29, 0.717) is 0 Å². The Labute approximate surface area is 91.3 Å². The average molecular weight is 244 g/mol. The molecule has 0 aliphatic carbocycles. The highest BCUT2D eigenvalue weighted by atomic mass is 19.4. The third-order valence-electron chi connectivity index (χ3n) is 1.81. The molecule has 1 N–H and O–H groups in total. The van der Waals surface area contributed by atoms with Crippen LogP contribution in [0, 0.1) is 5.92 Å². The minimum absolute atomic E-state index is 0.0247. The standard InChI is InChI=1S/C9H15F3O4/c1-3-15-8(16-4-2)6(5-7(13)14)9(10,11)12/h6,8H,3-5H2,1-2H3,(H,13,14). The van der Waals surface area contributed by atoms with Gasteiger partial charge >= 0.3 is 12.1 Å². The number of ether oxygens (including phenoxy) is 2. The van der Waals surface area contributed by atoms with Gasteiger partial charge in [-0.15, -0.1) is 0 Å². The molecule has 0 aromatic carbocycles. The summed E-state index contributed by atoms with van der Waals surface area (Å²) in [5, 5.41) is 8.42. The molecule has 0 aromatic rings.